The molecule has 146 valence electrons. The molecule has 7 N–H and O–H groups in total. The van der Waals surface area contributed by atoms with Gasteiger partial charge in [-0.1, -0.05) is 32.3 Å². The second kappa shape index (κ2) is 10.3. The molecule has 0 aliphatic rings. The maximum absolute atomic E-state index is 12.6. The zero-order valence-electron chi connectivity index (χ0n) is 15.8. The van der Waals surface area contributed by atoms with Crippen molar-refractivity contribution in [2.45, 2.75) is 32.6 Å². The van der Waals surface area contributed by atoms with E-state index in [9.17, 15) is 4.79 Å². The molecule has 1 heterocycles. The van der Waals surface area contributed by atoms with Gasteiger partial charge >= 0.3 is 0 Å². The van der Waals surface area contributed by atoms with E-state index in [1.807, 2.05) is 19.2 Å². The molecule has 0 radical (unpaired) electrons. The number of hydrogen-bond acceptors (Lipinski definition) is 8. The van der Waals surface area contributed by atoms with E-state index in [-0.39, 0.29) is 5.91 Å². The predicted molar refractivity (Wildman–Crippen MR) is 108 cm³/mol. The molecule has 0 saturated carbocycles. The normalized spacial score (nSPS) is 10.4. The van der Waals surface area contributed by atoms with Crippen molar-refractivity contribution in [3.63, 3.8) is 0 Å². The van der Waals surface area contributed by atoms with Gasteiger partial charge in [-0.15, -0.1) is 0 Å². The van der Waals surface area contributed by atoms with Gasteiger partial charge in [0.25, 0.3) is 5.91 Å². The first kappa shape index (κ1) is 20.4. The standard InChI is InChI=1S/C18H28N8O/c1-3-4-5-6-10-26(2)17(27)13-8-7-9-14(11-13)21-18-22-15(24-19)12-16(23-18)25-20/h7-9,11-12H,3-6,10,19-20H2,1-2H3,(H3,21,22,23,24,25). The molecule has 9 heteroatoms. The van der Waals surface area contributed by atoms with Crippen LogP contribution in [-0.4, -0.2) is 34.4 Å². The Balaban J connectivity index is 2.07. The number of nitrogen functional groups attached to an aromatic ring is 2. The van der Waals surface area contributed by atoms with Gasteiger partial charge in [-0.3, -0.25) is 4.79 Å². The molecule has 0 aliphatic heterocycles. The lowest BCUT2D eigenvalue weighted by molar-refractivity contribution is 0.0792. The number of hydrogen-bond donors (Lipinski definition) is 5. The summed E-state index contributed by atoms with van der Waals surface area (Å²) in [6, 6.07) is 8.78. The van der Waals surface area contributed by atoms with E-state index in [1.54, 1.807) is 23.1 Å². The van der Waals surface area contributed by atoms with E-state index in [0.29, 0.717) is 28.8 Å². The van der Waals surface area contributed by atoms with E-state index in [2.05, 4.69) is 33.1 Å². The topological polar surface area (TPSA) is 134 Å². The molecule has 0 saturated heterocycles. The van der Waals surface area contributed by atoms with Crippen LogP contribution in [0.5, 0.6) is 0 Å². The summed E-state index contributed by atoms with van der Waals surface area (Å²) in [6.07, 6.45) is 4.51. The molecule has 0 bridgehead atoms. The van der Waals surface area contributed by atoms with E-state index in [1.165, 1.54) is 12.8 Å². The van der Waals surface area contributed by atoms with Gasteiger partial charge in [0, 0.05) is 30.9 Å². The number of carbonyl (C=O) groups excluding carboxylic acids is 1. The lowest BCUT2D eigenvalue weighted by Gasteiger charge is -2.17. The first-order valence-electron chi connectivity index (χ1n) is 9.02. The van der Waals surface area contributed by atoms with Crippen LogP contribution in [0.15, 0.2) is 30.3 Å². The van der Waals surface area contributed by atoms with Crippen LogP contribution >= 0.6 is 0 Å². The van der Waals surface area contributed by atoms with Crippen molar-refractivity contribution in [2.24, 2.45) is 11.7 Å². The summed E-state index contributed by atoms with van der Waals surface area (Å²) < 4.78 is 0. The number of nitrogens with zero attached hydrogens (tertiary/aromatic N) is 3. The Morgan fingerprint density at radius 2 is 1.78 bits per heavy atom. The fraction of sp³-hybridized carbons (Fsp3) is 0.389. The molecular formula is C18H28N8O. The van der Waals surface area contributed by atoms with Crippen molar-refractivity contribution in [1.82, 2.24) is 14.9 Å². The van der Waals surface area contributed by atoms with Crippen molar-refractivity contribution in [3.8, 4) is 0 Å². The molecule has 2 aromatic rings. The molecule has 0 unspecified atom stereocenters. The second-order valence-electron chi connectivity index (χ2n) is 6.24. The van der Waals surface area contributed by atoms with E-state index >= 15 is 0 Å². The Bertz CT molecular complexity index is 730. The summed E-state index contributed by atoms with van der Waals surface area (Å²) >= 11 is 0. The van der Waals surface area contributed by atoms with Gasteiger partial charge < -0.3 is 21.1 Å². The molecule has 0 fully saturated rings. The highest BCUT2D eigenvalue weighted by atomic mass is 16.2. The molecule has 27 heavy (non-hydrogen) atoms. The van der Waals surface area contributed by atoms with Gasteiger partial charge in [0.2, 0.25) is 5.95 Å². The number of anilines is 4. The Labute approximate surface area is 159 Å². The van der Waals surface area contributed by atoms with Crippen LogP contribution in [0.2, 0.25) is 0 Å². The fourth-order valence-electron chi connectivity index (χ4n) is 2.61. The molecule has 9 nitrogen and oxygen atoms in total. The third kappa shape index (κ3) is 6.08. The lowest BCUT2D eigenvalue weighted by atomic mass is 10.1. The van der Waals surface area contributed by atoms with Gasteiger partial charge in [0.15, 0.2) is 0 Å². The van der Waals surface area contributed by atoms with Crippen molar-refractivity contribution >= 4 is 29.2 Å². The van der Waals surface area contributed by atoms with Gasteiger partial charge in [-0.05, 0) is 24.6 Å². The maximum atomic E-state index is 12.6. The van der Waals surface area contributed by atoms with Gasteiger partial charge in [0.1, 0.15) is 11.6 Å². The molecule has 1 aromatic heterocycles. The molecular weight excluding hydrogens is 344 g/mol. The minimum Gasteiger partial charge on any atom is -0.342 e. The van der Waals surface area contributed by atoms with Crippen molar-refractivity contribution in [2.75, 3.05) is 29.8 Å². The number of rotatable bonds is 10. The molecule has 1 aromatic carbocycles. The SMILES string of the molecule is CCCCCCN(C)C(=O)c1cccc(Nc2nc(NN)cc(NN)n2)c1. The summed E-state index contributed by atoms with van der Waals surface area (Å²) in [5.74, 6) is 11.9. The smallest absolute Gasteiger partial charge is 0.253 e. The summed E-state index contributed by atoms with van der Waals surface area (Å²) in [5.41, 5.74) is 6.20. The zero-order chi connectivity index (χ0) is 19.6. The van der Waals surface area contributed by atoms with Crippen molar-refractivity contribution in [1.29, 1.82) is 0 Å². The number of carbonyl (C=O) groups is 1. The third-order valence-electron chi connectivity index (χ3n) is 4.08. The van der Waals surface area contributed by atoms with E-state index < -0.39 is 0 Å². The Morgan fingerprint density at radius 3 is 2.41 bits per heavy atom. The van der Waals surface area contributed by atoms with Crippen LogP contribution in [0.1, 0.15) is 43.0 Å². The Hall–Kier alpha value is -2.91. The Morgan fingerprint density at radius 1 is 1.07 bits per heavy atom. The highest BCUT2D eigenvalue weighted by molar-refractivity contribution is 5.95. The van der Waals surface area contributed by atoms with E-state index in [4.69, 9.17) is 11.7 Å². The van der Waals surface area contributed by atoms with Crippen molar-refractivity contribution in [3.05, 3.63) is 35.9 Å². The van der Waals surface area contributed by atoms with Crippen molar-refractivity contribution < 1.29 is 4.79 Å². The molecule has 0 aliphatic carbocycles. The Kier molecular flexibility index (Phi) is 7.78. The molecule has 1 amide bonds. The third-order valence-corrected chi connectivity index (χ3v) is 4.08. The number of unbranched alkanes of at least 4 members (excludes halogenated alkanes) is 3. The fourth-order valence-corrected chi connectivity index (χ4v) is 2.61. The van der Waals surface area contributed by atoms with Crippen LogP contribution < -0.4 is 27.9 Å². The first-order chi connectivity index (χ1) is 13.1. The number of amides is 1. The minimum atomic E-state index is -0.0160. The quantitative estimate of drug-likeness (QED) is 0.244. The monoisotopic (exact) mass is 372 g/mol. The average molecular weight is 372 g/mol. The number of hydrazine groups is 2. The molecule has 0 spiro atoms. The van der Waals surface area contributed by atoms with Gasteiger partial charge in [-0.25, -0.2) is 11.7 Å². The first-order valence-corrected chi connectivity index (χ1v) is 9.02. The molecule has 0 atom stereocenters. The maximum Gasteiger partial charge on any atom is 0.253 e. The number of benzene rings is 1. The van der Waals surface area contributed by atoms with E-state index in [0.717, 1.165) is 19.4 Å². The minimum absolute atomic E-state index is 0.0160. The van der Waals surface area contributed by atoms with Gasteiger partial charge in [0.05, 0.1) is 0 Å². The highest BCUT2D eigenvalue weighted by Crippen LogP contribution is 2.19. The lowest BCUT2D eigenvalue weighted by Crippen LogP contribution is -2.27. The van der Waals surface area contributed by atoms with Crippen LogP contribution in [-0.2, 0) is 0 Å². The van der Waals surface area contributed by atoms with Crippen LogP contribution in [0.25, 0.3) is 0 Å². The zero-order valence-corrected chi connectivity index (χ0v) is 15.8. The highest BCUT2D eigenvalue weighted by Gasteiger charge is 2.12. The van der Waals surface area contributed by atoms with Crippen LogP contribution in [0, 0.1) is 0 Å². The number of nitrogens with one attached hydrogen (secondary N) is 3. The summed E-state index contributed by atoms with van der Waals surface area (Å²) in [7, 11) is 1.83. The summed E-state index contributed by atoms with van der Waals surface area (Å²) in [6.45, 7) is 2.91. The van der Waals surface area contributed by atoms with Gasteiger partial charge in [-0.2, -0.15) is 9.97 Å². The van der Waals surface area contributed by atoms with Crippen LogP contribution in [0.3, 0.4) is 0 Å². The largest absolute Gasteiger partial charge is 0.342 e. The number of nitrogens with two attached hydrogens (primary N) is 2. The average Bonchev–Trinajstić information content (AvgIpc) is 2.70. The second-order valence-corrected chi connectivity index (χ2v) is 6.24. The van der Waals surface area contributed by atoms with Crippen LogP contribution in [0.4, 0.5) is 23.3 Å². The summed E-state index contributed by atoms with van der Waals surface area (Å²) in [4.78, 5) is 22.8. The molecule has 2 rings (SSSR count). The summed E-state index contributed by atoms with van der Waals surface area (Å²) in [5, 5.41) is 3.06. The number of aromatic nitrogens is 2. The predicted octanol–water partition coefficient (Wildman–Crippen LogP) is 2.44.